The second-order valence-corrected chi connectivity index (χ2v) is 5.90. The Morgan fingerprint density at radius 2 is 1.17 bits per heavy atom. The van der Waals surface area contributed by atoms with Gasteiger partial charge in [-0.1, -0.05) is 6.92 Å². The molecule has 0 amide bonds. The Morgan fingerprint density at radius 1 is 0.696 bits per heavy atom. The predicted molar refractivity (Wildman–Crippen MR) is 71.8 cm³/mol. The van der Waals surface area contributed by atoms with E-state index in [9.17, 15) is 30.6 Å². The van der Waals surface area contributed by atoms with Gasteiger partial charge in [0.2, 0.25) is 0 Å². The van der Waals surface area contributed by atoms with E-state index in [-0.39, 0.29) is 0 Å². The molecule has 2 fully saturated rings. The first-order valence-corrected chi connectivity index (χ1v) is 7.40. The van der Waals surface area contributed by atoms with Gasteiger partial charge in [-0.2, -0.15) is 0 Å². The van der Waals surface area contributed by atoms with Crippen molar-refractivity contribution in [2.45, 2.75) is 62.2 Å². The van der Waals surface area contributed by atoms with Crippen LogP contribution in [0.2, 0.25) is 0 Å². The van der Waals surface area contributed by atoms with Crippen LogP contribution in [0.4, 0.5) is 0 Å². The van der Waals surface area contributed by atoms with E-state index in [4.69, 9.17) is 19.3 Å². The maximum Gasteiger partial charge on any atom is 0.189 e. The summed E-state index contributed by atoms with van der Waals surface area (Å²) in [5.74, 6) is -0.551. The minimum atomic E-state index is -1.66. The van der Waals surface area contributed by atoms with Crippen molar-refractivity contribution in [3.63, 3.8) is 0 Å². The number of aliphatic hydroxyl groups is 7. The molecule has 2 saturated heterocycles. The molecule has 10 atom stereocenters. The molecule has 23 heavy (non-hydrogen) atoms. The zero-order valence-corrected chi connectivity index (χ0v) is 12.5. The van der Waals surface area contributed by atoms with Gasteiger partial charge in [-0.05, 0) is 0 Å². The number of rotatable bonds is 4. The summed E-state index contributed by atoms with van der Waals surface area (Å²) in [6, 6.07) is 0. The van der Waals surface area contributed by atoms with Crippen LogP contribution >= 0.6 is 0 Å². The fraction of sp³-hybridized carbons (Fsp3) is 1.00. The Labute approximate surface area is 132 Å². The Kier molecular flexibility index (Phi) is 6.30. The highest BCUT2D eigenvalue weighted by Crippen LogP contribution is 2.30. The lowest BCUT2D eigenvalue weighted by Gasteiger charge is -2.45. The van der Waals surface area contributed by atoms with Gasteiger partial charge in [0.15, 0.2) is 12.6 Å². The van der Waals surface area contributed by atoms with E-state index in [0.717, 1.165) is 0 Å². The van der Waals surface area contributed by atoms with Crippen molar-refractivity contribution in [1.82, 2.24) is 0 Å². The quantitative estimate of drug-likeness (QED) is 0.267. The van der Waals surface area contributed by atoms with Crippen LogP contribution in [-0.4, -0.2) is 104 Å². The van der Waals surface area contributed by atoms with Crippen molar-refractivity contribution in [1.29, 1.82) is 0 Å². The molecule has 0 aliphatic carbocycles. The van der Waals surface area contributed by atoms with Gasteiger partial charge in [0, 0.05) is 5.92 Å². The van der Waals surface area contributed by atoms with Crippen LogP contribution in [0.25, 0.3) is 0 Å². The number of aliphatic hydroxyl groups excluding tert-OH is 7. The highest BCUT2D eigenvalue weighted by molar-refractivity contribution is 4.91. The maximum absolute atomic E-state index is 10.00. The fourth-order valence-corrected chi connectivity index (χ4v) is 2.70. The van der Waals surface area contributed by atoms with Crippen LogP contribution in [0.15, 0.2) is 0 Å². The highest BCUT2D eigenvalue weighted by atomic mass is 16.8. The van der Waals surface area contributed by atoms with Gasteiger partial charge in [0.05, 0.1) is 25.4 Å². The van der Waals surface area contributed by atoms with Gasteiger partial charge < -0.3 is 50.0 Å². The molecule has 2 heterocycles. The Bertz CT molecular complexity index is 344. The smallest absolute Gasteiger partial charge is 0.189 e. The van der Waals surface area contributed by atoms with Crippen molar-refractivity contribution < 1.29 is 50.0 Å². The average Bonchev–Trinajstić information content (AvgIpc) is 2.55. The van der Waals surface area contributed by atoms with E-state index < -0.39 is 74.4 Å². The third-order valence-corrected chi connectivity index (χ3v) is 4.36. The van der Waals surface area contributed by atoms with E-state index >= 15 is 0 Å². The molecule has 136 valence electrons. The molecular formula is C13H24O10. The van der Waals surface area contributed by atoms with Crippen LogP contribution < -0.4 is 0 Å². The summed E-state index contributed by atoms with van der Waals surface area (Å²) in [5, 5.41) is 67.6. The molecule has 2 rings (SSSR count). The van der Waals surface area contributed by atoms with E-state index in [2.05, 4.69) is 0 Å². The zero-order valence-electron chi connectivity index (χ0n) is 12.5. The molecule has 0 aromatic heterocycles. The summed E-state index contributed by atoms with van der Waals surface area (Å²) in [7, 11) is 0. The summed E-state index contributed by atoms with van der Waals surface area (Å²) in [6.45, 7) is 0.538. The molecule has 0 aromatic carbocycles. The van der Waals surface area contributed by atoms with E-state index in [1.807, 2.05) is 0 Å². The second kappa shape index (κ2) is 7.66. The second-order valence-electron chi connectivity index (χ2n) is 5.90. The molecule has 0 bridgehead atoms. The molecule has 7 N–H and O–H groups in total. The summed E-state index contributed by atoms with van der Waals surface area (Å²) in [4.78, 5) is 0. The minimum absolute atomic E-state index is 0.417. The number of ether oxygens (including phenoxy) is 3. The Morgan fingerprint density at radius 3 is 1.70 bits per heavy atom. The van der Waals surface area contributed by atoms with Crippen molar-refractivity contribution >= 4 is 0 Å². The van der Waals surface area contributed by atoms with Crippen molar-refractivity contribution in [3.8, 4) is 0 Å². The fourth-order valence-electron chi connectivity index (χ4n) is 2.70. The van der Waals surface area contributed by atoms with Gasteiger partial charge >= 0.3 is 0 Å². The molecule has 10 nitrogen and oxygen atoms in total. The molecule has 10 unspecified atom stereocenters. The first kappa shape index (κ1) is 18.9. The maximum atomic E-state index is 10.00. The molecule has 0 aromatic rings. The molecular weight excluding hydrogens is 316 g/mol. The molecule has 0 radical (unpaired) electrons. The first-order valence-electron chi connectivity index (χ1n) is 7.40. The van der Waals surface area contributed by atoms with Crippen LogP contribution in [0.1, 0.15) is 6.92 Å². The van der Waals surface area contributed by atoms with Gasteiger partial charge in [0.1, 0.15) is 30.5 Å². The molecule has 2 aliphatic heterocycles. The summed E-state index contributed by atoms with van der Waals surface area (Å²) >= 11 is 0. The standard InChI is InChI=1S/C13H24O10/c1-4-5(2-14)21-12(10(19)7(4)16)23-13-11(20)9(18)8(17)6(3-15)22-13/h4-20H,2-3H2,1H3. The van der Waals surface area contributed by atoms with Crippen LogP contribution in [-0.2, 0) is 14.2 Å². The lowest BCUT2D eigenvalue weighted by Crippen LogP contribution is -2.62. The number of hydrogen-bond donors (Lipinski definition) is 7. The lowest BCUT2D eigenvalue weighted by atomic mass is 9.91. The van der Waals surface area contributed by atoms with Crippen molar-refractivity contribution in [2.75, 3.05) is 13.2 Å². The Balaban J connectivity index is 2.07. The molecule has 2 aliphatic rings. The molecule has 0 saturated carbocycles. The van der Waals surface area contributed by atoms with Crippen LogP contribution in [0.3, 0.4) is 0 Å². The topological polar surface area (TPSA) is 169 Å². The monoisotopic (exact) mass is 340 g/mol. The molecule has 10 heteroatoms. The summed E-state index contributed by atoms with van der Waals surface area (Å²) in [5.41, 5.74) is 0. The predicted octanol–water partition coefficient (Wildman–Crippen LogP) is -4.12. The largest absolute Gasteiger partial charge is 0.394 e. The third-order valence-electron chi connectivity index (χ3n) is 4.36. The summed E-state index contributed by atoms with van der Waals surface area (Å²) in [6.07, 6.45) is -12.5. The normalized spacial score (nSPS) is 51.7. The summed E-state index contributed by atoms with van der Waals surface area (Å²) < 4.78 is 15.7. The Hall–Kier alpha value is -0.400. The van der Waals surface area contributed by atoms with E-state index in [0.29, 0.717) is 0 Å². The third kappa shape index (κ3) is 3.66. The number of hydrogen-bond acceptors (Lipinski definition) is 10. The average molecular weight is 340 g/mol. The van der Waals surface area contributed by atoms with Gasteiger partial charge in [-0.3, -0.25) is 0 Å². The zero-order chi connectivity index (χ0) is 17.3. The first-order chi connectivity index (χ1) is 10.8. The molecule has 0 spiro atoms. The van der Waals surface area contributed by atoms with Crippen molar-refractivity contribution in [3.05, 3.63) is 0 Å². The lowest BCUT2D eigenvalue weighted by molar-refractivity contribution is -0.372. The van der Waals surface area contributed by atoms with Gasteiger partial charge in [-0.15, -0.1) is 0 Å². The highest BCUT2D eigenvalue weighted by Gasteiger charge is 2.48. The SMILES string of the molecule is CC1C(CO)OC(OC2OC(CO)C(O)C(O)C2O)C(O)C1O. The van der Waals surface area contributed by atoms with Gasteiger partial charge in [-0.25, -0.2) is 0 Å². The minimum Gasteiger partial charge on any atom is -0.394 e. The van der Waals surface area contributed by atoms with Gasteiger partial charge in [0.25, 0.3) is 0 Å². The van der Waals surface area contributed by atoms with E-state index in [1.54, 1.807) is 6.92 Å². The van der Waals surface area contributed by atoms with Crippen LogP contribution in [0, 0.1) is 5.92 Å². The van der Waals surface area contributed by atoms with E-state index in [1.165, 1.54) is 0 Å². The van der Waals surface area contributed by atoms with Crippen molar-refractivity contribution in [2.24, 2.45) is 5.92 Å². The van der Waals surface area contributed by atoms with Crippen LogP contribution in [0.5, 0.6) is 0 Å².